The Hall–Kier alpha value is -1.84. The van der Waals surface area contributed by atoms with E-state index in [9.17, 15) is 18.0 Å². The smallest absolute Gasteiger partial charge is 0.153 e. The molecule has 76 valence electrons. The Morgan fingerprint density at radius 1 is 1.07 bits per heavy atom. The Labute approximate surface area is 83.1 Å². The lowest BCUT2D eigenvalue weighted by Gasteiger charge is -2.03. The van der Waals surface area contributed by atoms with Crippen molar-refractivity contribution in [1.29, 1.82) is 0 Å². The zero-order valence-corrected chi connectivity index (χ0v) is 7.43. The molecular formula is C11H5F3O. The number of carbonyl (C=O) groups is 1. The van der Waals surface area contributed by atoms with Gasteiger partial charge in [0.1, 0.15) is 17.5 Å². The molecule has 0 aliphatic rings. The van der Waals surface area contributed by atoms with E-state index >= 15 is 0 Å². The van der Waals surface area contributed by atoms with Gasteiger partial charge < -0.3 is 0 Å². The highest BCUT2D eigenvalue weighted by atomic mass is 19.1. The Bertz CT molecular complexity index is 549. The van der Waals surface area contributed by atoms with Crippen molar-refractivity contribution in [1.82, 2.24) is 0 Å². The summed E-state index contributed by atoms with van der Waals surface area (Å²) in [6, 6.07) is 4.08. The Morgan fingerprint density at radius 3 is 2.47 bits per heavy atom. The molecule has 4 heteroatoms. The Balaban J connectivity index is 2.92. The lowest BCUT2D eigenvalue weighted by atomic mass is 10.1. The van der Waals surface area contributed by atoms with Gasteiger partial charge in [0, 0.05) is 6.07 Å². The first-order valence-electron chi connectivity index (χ1n) is 4.16. The van der Waals surface area contributed by atoms with Crippen LogP contribution in [0.4, 0.5) is 13.2 Å². The first-order chi connectivity index (χ1) is 7.13. The summed E-state index contributed by atoms with van der Waals surface area (Å²) in [5.41, 5.74) is -0.243. The van der Waals surface area contributed by atoms with E-state index < -0.39 is 17.5 Å². The molecule has 2 aromatic rings. The van der Waals surface area contributed by atoms with E-state index in [1.807, 2.05) is 0 Å². The van der Waals surface area contributed by atoms with E-state index in [1.165, 1.54) is 12.1 Å². The lowest BCUT2D eigenvalue weighted by molar-refractivity contribution is 0.112. The normalized spacial score (nSPS) is 10.6. The fourth-order valence-corrected chi connectivity index (χ4v) is 1.44. The summed E-state index contributed by atoms with van der Waals surface area (Å²) in [5.74, 6) is -2.75. The van der Waals surface area contributed by atoms with Crippen molar-refractivity contribution in [2.45, 2.75) is 0 Å². The van der Waals surface area contributed by atoms with Crippen molar-refractivity contribution >= 4 is 17.1 Å². The Morgan fingerprint density at radius 2 is 1.80 bits per heavy atom. The van der Waals surface area contributed by atoms with Gasteiger partial charge in [0.15, 0.2) is 6.29 Å². The molecule has 0 aromatic heterocycles. The van der Waals surface area contributed by atoms with Gasteiger partial charge >= 0.3 is 0 Å². The second-order valence-corrected chi connectivity index (χ2v) is 3.07. The van der Waals surface area contributed by atoms with Gasteiger partial charge in [-0.1, -0.05) is 6.07 Å². The van der Waals surface area contributed by atoms with Crippen LogP contribution in [0, 0.1) is 17.5 Å². The molecule has 0 N–H and O–H groups in total. The molecule has 0 saturated carbocycles. The van der Waals surface area contributed by atoms with Crippen LogP contribution in [0.5, 0.6) is 0 Å². The summed E-state index contributed by atoms with van der Waals surface area (Å²) in [5, 5.41) is -0.267. The van der Waals surface area contributed by atoms with Crippen molar-refractivity contribution < 1.29 is 18.0 Å². The van der Waals surface area contributed by atoms with Crippen LogP contribution in [0.25, 0.3) is 10.8 Å². The monoisotopic (exact) mass is 210 g/mol. The van der Waals surface area contributed by atoms with Gasteiger partial charge in [0.2, 0.25) is 0 Å². The zero-order chi connectivity index (χ0) is 11.0. The molecule has 15 heavy (non-hydrogen) atoms. The molecule has 0 unspecified atom stereocenters. The number of rotatable bonds is 1. The molecule has 0 aliphatic heterocycles. The average molecular weight is 210 g/mol. The van der Waals surface area contributed by atoms with Crippen LogP contribution < -0.4 is 0 Å². The average Bonchev–Trinajstić information content (AvgIpc) is 2.17. The third-order valence-corrected chi connectivity index (χ3v) is 2.13. The summed E-state index contributed by atoms with van der Waals surface area (Å²) < 4.78 is 39.5. The van der Waals surface area contributed by atoms with Gasteiger partial charge in [-0.25, -0.2) is 13.2 Å². The van der Waals surface area contributed by atoms with Gasteiger partial charge in [0.05, 0.1) is 10.9 Å². The molecule has 0 atom stereocenters. The topological polar surface area (TPSA) is 17.1 Å². The maximum atomic E-state index is 13.5. The fourth-order valence-electron chi connectivity index (χ4n) is 1.44. The van der Waals surface area contributed by atoms with Crippen molar-refractivity contribution in [2.75, 3.05) is 0 Å². The minimum atomic E-state index is -1.01. The quantitative estimate of drug-likeness (QED) is 0.661. The van der Waals surface area contributed by atoms with Gasteiger partial charge in [-0.15, -0.1) is 0 Å². The largest absolute Gasteiger partial charge is 0.298 e. The van der Waals surface area contributed by atoms with Crippen LogP contribution in [0.1, 0.15) is 10.4 Å². The number of hydrogen-bond donors (Lipinski definition) is 0. The van der Waals surface area contributed by atoms with E-state index in [4.69, 9.17) is 0 Å². The van der Waals surface area contributed by atoms with Gasteiger partial charge in [-0.05, 0) is 17.5 Å². The number of halogens is 3. The third kappa shape index (κ3) is 1.48. The second-order valence-electron chi connectivity index (χ2n) is 3.07. The molecule has 0 fully saturated rings. The van der Waals surface area contributed by atoms with Crippen molar-refractivity contribution in [3.8, 4) is 0 Å². The van der Waals surface area contributed by atoms with E-state index in [1.54, 1.807) is 0 Å². The fraction of sp³-hybridized carbons (Fsp3) is 0. The highest BCUT2D eigenvalue weighted by Gasteiger charge is 2.12. The van der Waals surface area contributed by atoms with E-state index in [2.05, 4.69) is 0 Å². The maximum Gasteiger partial charge on any atom is 0.153 e. The molecule has 0 bridgehead atoms. The summed E-state index contributed by atoms with van der Waals surface area (Å²) >= 11 is 0. The molecule has 2 aromatic carbocycles. The number of fused-ring (bicyclic) bond motifs is 1. The minimum Gasteiger partial charge on any atom is -0.298 e. The van der Waals surface area contributed by atoms with E-state index in [0.29, 0.717) is 6.07 Å². The lowest BCUT2D eigenvalue weighted by Crippen LogP contribution is -1.93. The second kappa shape index (κ2) is 3.38. The summed E-state index contributed by atoms with van der Waals surface area (Å²) in [6.07, 6.45) is 0.289. The first kappa shape index (κ1) is 9.71. The van der Waals surface area contributed by atoms with Crippen molar-refractivity contribution in [2.24, 2.45) is 0 Å². The Kier molecular flexibility index (Phi) is 2.19. The van der Waals surface area contributed by atoms with Gasteiger partial charge in [0.25, 0.3) is 0 Å². The van der Waals surface area contributed by atoms with Crippen LogP contribution in [0.2, 0.25) is 0 Å². The van der Waals surface area contributed by atoms with Crippen molar-refractivity contribution in [3.05, 3.63) is 47.3 Å². The van der Waals surface area contributed by atoms with E-state index in [0.717, 1.165) is 6.07 Å². The summed E-state index contributed by atoms with van der Waals surface area (Å²) in [7, 11) is 0. The molecular weight excluding hydrogens is 205 g/mol. The summed E-state index contributed by atoms with van der Waals surface area (Å²) in [6.45, 7) is 0. The van der Waals surface area contributed by atoms with Crippen LogP contribution in [0.15, 0.2) is 24.3 Å². The number of hydrogen-bond acceptors (Lipinski definition) is 1. The van der Waals surface area contributed by atoms with Gasteiger partial charge in [-0.3, -0.25) is 4.79 Å². The van der Waals surface area contributed by atoms with E-state index in [-0.39, 0.29) is 22.6 Å². The SMILES string of the molecule is O=Cc1ccc2cc(F)cc(F)c2c1F. The molecule has 0 saturated heterocycles. The standard InChI is InChI=1S/C11H5F3O/c12-8-3-6-1-2-7(5-15)11(14)10(6)9(13)4-8/h1-5H. The predicted octanol–water partition coefficient (Wildman–Crippen LogP) is 3.07. The summed E-state index contributed by atoms with van der Waals surface area (Å²) in [4.78, 5) is 10.4. The minimum absolute atomic E-state index is 0.0931. The number of benzene rings is 2. The van der Waals surface area contributed by atoms with Crippen LogP contribution in [-0.2, 0) is 0 Å². The van der Waals surface area contributed by atoms with Crippen LogP contribution in [0.3, 0.4) is 0 Å². The number of carbonyl (C=O) groups excluding carboxylic acids is 1. The molecule has 0 spiro atoms. The highest BCUT2D eigenvalue weighted by Crippen LogP contribution is 2.24. The predicted molar refractivity (Wildman–Crippen MR) is 49.2 cm³/mol. The molecule has 1 nitrogen and oxygen atoms in total. The number of aldehydes is 1. The highest BCUT2D eigenvalue weighted by molar-refractivity contribution is 5.90. The van der Waals surface area contributed by atoms with Crippen LogP contribution in [-0.4, -0.2) is 6.29 Å². The third-order valence-electron chi connectivity index (χ3n) is 2.13. The molecule has 0 heterocycles. The molecule has 0 radical (unpaired) electrons. The maximum absolute atomic E-state index is 13.5. The molecule has 0 aliphatic carbocycles. The van der Waals surface area contributed by atoms with Crippen molar-refractivity contribution in [3.63, 3.8) is 0 Å². The zero-order valence-electron chi connectivity index (χ0n) is 7.43. The van der Waals surface area contributed by atoms with Crippen LogP contribution >= 0.6 is 0 Å². The van der Waals surface area contributed by atoms with Gasteiger partial charge in [-0.2, -0.15) is 0 Å². The first-order valence-corrected chi connectivity index (χ1v) is 4.16. The molecule has 0 amide bonds. The molecule has 2 rings (SSSR count).